The number of hydrogen-bond acceptors (Lipinski definition) is 1. The first-order chi connectivity index (χ1) is 9.36. The Balaban J connectivity index is 2.14. The van der Waals surface area contributed by atoms with Crippen molar-refractivity contribution >= 4 is 5.78 Å². The van der Waals surface area contributed by atoms with Gasteiger partial charge in [0, 0.05) is 12.0 Å². The largest absolute Gasteiger partial charge is 0.416 e. The summed E-state index contributed by atoms with van der Waals surface area (Å²) in [7, 11) is 0. The summed E-state index contributed by atoms with van der Waals surface area (Å²) in [6, 6.07) is 9.52. The van der Waals surface area contributed by atoms with E-state index in [1.165, 1.54) is 18.2 Å². The van der Waals surface area contributed by atoms with Crippen LogP contribution in [0.25, 0.3) is 0 Å². The van der Waals surface area contributed by atoms with E-state index in [0.29, 0.717) is 5.56 Å². The molecule has 2 aromatic rings. The first kappa shape index (κ1) is 14.2. The molecule has 0 aliphatic rings. The van der Waals surface area contributed by atoms with Crippen molar-refractivity contribution in [3.63, 3.8) is 0 Å². The summed E-state index contributed by atoms with van der Waals surface area (Å²) < 4.78 is 50.1. The van der Waals surface area contributed by atoms with Crippen LogP contribution in [0.4, 0.5) is 17.6 Å². The number of Topliss-reactive ketones (excluding diaryl/α,β-unsaturated/α-hetero) is 1. The van der Waals surface area contributed by atoms with Gasteiger partial charge in [0.15, 0.2) is 5.78 Å². The number of alkyl halides is 3. The zero-order chi connectivity index (χ0) is 14.8. The van der Waals surface area contributed by atoms with Crippen LogP contribution in [0.2, 0.25) is 0 Å². The highest BCUT2D eigenvalue weighted by Gasteiger charge is 2.30. The number of hydrogen-bond donors (Lipinski definition) is 0. The minimum absolute atomic E-state index is 0.0525. The van der Waals surface area contributed by atoms with Gasteiger partial charge in [0.05, 0.1) is 5.56 Å². The van der Waals surface area contributed by atoms with E-state index in [0.717, 1.165) is 24.3 Å². The molecular formula is C15H10F4O. The van der Waals surface area contributed by atoms with E-state index >= 15 is 0 Å². The minimum Gasteiger partial charge on any atom is -0.294 e. The normalized spacial score (nSPS) is 11.4. The third-order valence-corrected chi connectivity index (χ3v) is 2.79. The maximum Gasteiger partial charge on any atom is 0.416 e. The zero-order valence-corrected chi connectivity index (χ0v) is 10.2. The number of rotatable bonds is 3. The number of carbonyl (C=O) groups excluding carboxylic acids is 1. The van der Waals surface area contributed by atoms with Crippen molar-refractivity contribution in [3.8, 4) is 0 Å². The number of benzene rings is 2. The van der Waals surface area contributed by atoms with Crippen molar-refractivity contribution in [1.82, 2.24) is 0 Å². The van der Waals surface area contributed by atoms with Crippen LogP contribution in [-0.2, 0) is 12.6 Å². The van der Waals surface area contributed by atoms with E-state index in [9.17, 15) is 22.4 Å². The van der Waals surface area contributed by atoms with Crippen LogP contribution < -0.4 is 0 Å². The van der Waals surface area contributed by atoms with Crippen molar-refractivity contribution in [2.24, 2.45) is 0 Å². The molecule has 2 rings (SSSR count). The van der Waals surface area contributed by atoms with Crippen molar-refractivity contribution in [3.05, 3.63) is 71.0 Å². The van der Waals surface area contributed by atoms with Gasteiger partial charge in [-0.1, -0.05) is 24.3 Å². The lowest BCUT2D eigenvalue weighted by Crippen LogP contribution is -2.07. The monoisotopic (exact) mass is 282 g/mol. The molecule has 0 radical (unpaired) electrons. The summed E-state index contributed by atoms with van der Waals surface area (Å²) in [5, 5.41) is 0. The molecule has 1 nitrogen and oxygen atoms in total. The fourth-order valence-electron chi connectivity index (χ4n) is 1.78. The fraction of sp³-hybridized carbons (Fsp3) is 0.133. The van der Waals surface area contributed by atoms with Crippen LogP contribution in [0, 0.1) is 5.82 Å². The number of halogens is 4. The maximum absolute atomic E-state index is 13.0. The van der Waals surface area contributed by atoms with Crippen molar-refractivity contribution in [1.29, 1.82) is 0 Å². The minimum atomic E-state index is -4.43. The molecule has 5 heteroatoms. The number of ketones is 1. The Morgan fingerprint density at radius 1 is 1.00 bits per heavy atom. The van der Waals surface area contributed by atoms with Crippen molar-refractivity contribution in [2.75, 3.05) is 0 Å². The van der Waals surface area contributed by atoms with Gasteiger partial charge in [-0.25, -0.2) is 4.39 Å². The average molecular weight is 282 g/mol. The number of carbonyl (C=O) groups is 1. The highest BCUT2D eigenvalue weighted by molar-refractivity contribution is 5.97. The van der Waals surface area contributed by atoms with E-state index in [1.807, 2.05) is 0 Å². The molecule has 0 aliphatic heterocycles. The Bertz CT molecular complexity index is 615. The van der Waals surface area contributed by atoms with Gasteiger partial charge in [-0.05, 0) is 29.8 Å². The van der Waals surface area contributed by atoms with Crippen LogP contribution in [-0.4, -0.2) is 5.78 Å². The summed E-state index contributed by atoms with van der Waals surface area (Å²) in [4.78, 5) is 11.9. The summed E-state index contributed by atoms with van der Waals surface area (Å²) in [5.41, 5.74) is -0.156. The Kier molecular flexibility index (Phi) is 3.88. The van der Waals surface area contributed by atoms with Gasteiger partial charge in [-0.3, -0.25) is 4.79 Å². The molecule has 0 aromatic heterocycles. The standard InChI is InChI=1S/C15H10F4O/c16-13-3-1-2-10(8-13)9-14(20)11-4-6-12(7-5-11)15(17,18)19/h1-8H,9H2. The molecule has 0 saturated carbocycles. The second kappa shape index (κ2) is 5.45. The lowest BCUT2D eigenvalue weighted by Gasteiger charge is -2.07. The van der Waals surface area contributed by atoms with Gasteiger partial charge < -0.3 is 0 Å². The van der Waals surface area contributed by atoms with E-state index in [1.54, 1.807) is 6.07 Å². The molecule has 20 heavy (non-hydrogen) atoms. The third-order valence-electron chi connectivity index (χ3n) is 2.79. The lowest BCUT2D eigenvalue weighted by molar-refractivity contribution is -0.137. The molecule has 0 unspecified atom stereocenters. The molecule has 0 N–H and O–H groups in total. The molecule has 104 valence electrons. The zero-order valence-electron chi connectivity index (χ0n) is 10.2. The van der Waals surface area contributed by atoms with Gasteiger partial charge in [0.2, 0.25) is 0 Å². The van der Waals surface area contributed by atoms with E-state index < -0.39 is 17.6 Å². The maximum atomic E-state index is 13.0. The molecule has 0 saturated heterocycles. The van der Waals surface area contributed by atoms with E-state index in [-0.39, 0.29) is 17.8 Å². The summed E-state index contributed by atoms with van der Waals surface area (Å²) >= 11 is 0. The Labute approximate surface area is 112 Å². The quantitative estimate of drug-likeness (QED) is 0.607. The molecule has 0 fully saturated rings. The molecule has 0 spiro atoms. The first-order valence-corrected chi connectivity index (χ1v) is 5.81. The van der Waals surface area contributed by atoms with Crippen molar-refractivity contribution < 1.29 is 22.4 Å². The highest BCUT2D eigenvalue weighted by Crippen LogP contribution is 2.29. The lowest BCUT2D eigenvalue weighted by atomic mass is 10.0. The molecule has 0 atom stereocenters. The van der Waals surface area contributed by atoms with Crippen LogP contribution in [0.1, 0.15) is 21.5 Å². The van der Waals surface area contributed by atoms with Gasteiger partial charge >= 0.3 is 6.18 Å². The SMILES string of the molecule is O=C(Cc1cccc(F)c1)c1ccc(C(F)(F)F)cc1. The van der Waals surface area contributed by atoms with Gasteiger partial charge in [-0.2, -0.15) is 13.2 Å². The van der Waals surface area contributed by atoms with Gasteiger partial charge in [-0.15, -0.1) is 0 Å². The van der Waals surface area contributed by atoms with E-state index in [4.69, 9.17) is 0 Å². The molecule has 0 aliphatic carbocycles. The predicted octanol–water partition coefficient (Wildman–Crippen LogP) is 4.27. The highest BCUT2D eigenvalue weighted by atomic mass is 19.4. The van der Waals surface area contributed by atoms with Crippen LogP contribution in [0.3, 0.4) is 0 Å². The van der Waals surface area contributed by atoms with E-state index in [2.05, 4.69) is 0 Å². The second-order valence-corrected chi connectivity index (χ2v) is 4.30. The Hall–Kier alpha value is -2.17. The summed E-state index contributed by atoms with van der Waals surface area (Å²) in [6.45, 7) is 0. The van der Waals surface area contributed by atoms with Crippen molar-refractivity contribution in [2.45, 2.75) is 12.6 Å². The van der Waals surface area contributed by atoms with Crippen LogP contribution in [0.5, 0.6) is 0 Å². The average Bonchev–Trinajstić information content (AvgIpc) is 2.38. The molecule has 0 amide bonds. The summed E-state index contributed by atoms with van der Waals surface area (Å²) in [6.07, 6.45) is -4.48. The molecular weight excluding hydrogens is 272 g/mol. The fourth-order valence-corrected chi connectivity index (χ4v) is 1.78. The molecule has 0 bridgehead atoms. The first-order valence-electron chi connectivity index (χ1n) is 5.81. The molecule has 2 aromatic carbocycles. The topological polar surface area (TPSA) is 17.1 Å². The second-order valence-electron chi connectivity index (χ2n) is 4.30. The van der Waals surface area contributed by atoms with Gasteiger partial charge in [0.1, 0.15) is 5.82 Å². The smallest absolute Gasteiger partial charge is 0.294 e. The third kappa shape index (κ3) is 3.44. The van der Waals surface area contributed by atoms with Crippen LogP contribution >= 0.6 is 0 Å². The summed E-state index contributed by atoms with van der Waals surface area (Å²) in [5.74, 6) is -0.813. The van der Waals surface area contributed by atoms with Gasteiger partial charge in [0.25, 0.3) is 0 Å². The predicted molar refractivity (Wildman–Crippen MR) is 65.9 cm³/mol. The molecule has 0 heterocycles. The van der Waals surface area contributed by atoms with Crippen LogP contribution in [0.15, 0.2) is 48.5 Å². The Morgan fingerprint density at radius 2 is 1.65 bits per heavy atom. The Morgan fingerprint density at radius 3 is 2.20 bits per heavy atom.